The third-order valence-corrected chi connectivity index (χ3v) is 6.10. The molecule has 4 aromatic rings. The van der Waals surface area contributed by atoms with E-state index < -0.39 is 41.2 Å². The Morgan fingerprint density at radius 1 is 0.921 bits per heavy atom. The number of hydrogen-bond donors (Lipinski definition) is 1. The number of anilines is 1. The minimum Gasteiger partial charge on any atom is -0.491 e. The fraction of sp³-hybridized carbons (Fsp3) is 0.143. The second kappa shape index (κ2) is 10.5. The number of aromatic nitrogens is 3. The van der Waals surface area contributed by atoms with Crippen molar-refractivity contribution in [3.63, 3.8) is 0 Å². The van der Waals surface area contributed by atoms with Crippen LogP contribution in [0.5, 0.6) is 11.6 Å². The molecule has 1 unspecified atom stereocenters. The summed E-state index contributed by atoms with van der Waals surface area (Å²) in [6, 6.07) is 19.7. The molecule has 0 radical (unpaired) electrons. The summed E-state index contributed by atoms with van der Waals surface area (Å²) in [5.74, 6) is -3.44. The summed E-state index contributed by atoms with van der Waals surface area (Å²) in [7, 11) is 1.14. The maximum atomic E-state index is 13.7. The zero-order chi connectivity index (χ0) is 26.6. The van der Waals surface area contributed by atoms with Crippen molar-refractivity contribution in [1.29, 1.82) is 0 Å². The van der Waals surface area contributed by atoms with Crippen molar-refractivity contribution in [1.82, 2.24) is 15.0 Å². The number of pyridine rings is 1. The Bertz CT molecular complexity index is 1510. The zero-order valence-corrected chi connectivity index (χ0v) is 20.3. The molecule has 0 saturated carbocycles. The molecular formula is C28H22N4O6. The summed E-state index contributed by atoms with van der Waals surface area (Å²) in [6.07, 6.45) is 2.51. The predicted molar refractivity (Wildman–Crippen MR) is 135 cm³/mol. The number of carbonyl (C=O) groups excluding carboxylic acids is 3. The Kier molecular flexibility index (Phi) is 6.77. The van der Waals surface area contributed by atoms with Crippen LogP contribution < -0.4 is 9.64 Å². The van der Waals surface area contributed by atoms with Gasteiger partial charge in [0.25, 0.3) is 11.8 Å². The molecule has 0 saturated heterocycles. The molecule has 1 amide bonds. The minimum atomic E-state index is -0.946. The van der Waals surface area contributed by atoms with Crippen LogP contribution in [0.2, 0.25) is 0 Å². The number of nitrogens with zero attached hydrogens (tertiary/aromatic N) is 4. The molecule has 0 aliphatic carbocycles. The molecule has 0 fully saturated rings. The lowest BCUT2D eigenvalue weighted by atomic mass is 9.94. The minimum absolute atomic E-state index is 0.0128. The van der Waals surface area contributed by atoms with Gasteiger partial charge in [0.1, 0.15) is 5.69 Å². The molecule has 1 aliphatic rings. The van der Waals surface area contributed by atoms with E-state index in [1.807, 2.05) is 18.2 Å². The summed E-state index contributed by atoms with van der Waals surface area (Å²) < 4.78 is 10.2. The summed E-state index contributed by atoms with van der Waals surface area (Å²) in [5, 5.41) is 10.8. The van der Waals surface area contributed by atoms with Crippen LogP contribution in [-0.2, 0) is 11.2 Å². The van der Waals surface area contributed by atoms with Gasteiger partial charge < -0.3 is 14.6 Å². The van der Waals surface area contributed by atoms with Gasteiger partial charge in [-0.1, -0.05) is 42.5 Å². The smallest absolute Gasteiger partial charge is 0.360 e. The van der Waals surface area contributed by atoms with Crippen molar-refractivity contribution >= 4 is 23.5 Å². The third-order valence-electron chi connectivity index (χ3n) is 6.10. The predicted octanol–water partition coefficient (Wildman–Crippen LogP) is 3.92. The first-order chi connectivity index (χ1) is 18.5. The molecule has 3 heterocycles. The highest BCUT2D eigenvalue weighted by Gasteiger charge is 2.37. The van der Waals surface area contributed by atoms with Gasteiger partial charge in [-0.25, -0.2) is 14.6 Å². The monoisotopic (exact) mass is 510 g/mol. The number of rotatable bonds is 5. The second-order valence-corrected chi connectivity index (χ2v) is 8.40. The van der Waals surface area contributed by atoms with Gasteiger partial charge in [0.2, 0.25) is 5.75 Å². The van der Waals surface area contributed by atoms with E-state index in [1.165, 1.54) is 23.2 Å². The number of hydrogen-bond acceptors (Lipinski definition) is 9. The van der Waals surface area contributed by atoms with E-state index in [0.717, 1.165) is 12.7 Å². The Balaban J connectivity index is 1.59. The molecule has 0 bridgehead atoms. The highest BCUT2D eigenvalue weighted by atomic mass is 16.6. The van der Waals surface area contributed by atoms with Gasteiger partial charge in [0, 0.05) is 11.9 Å². The van der Waals surface area contributed by atoms with Gasteiger partial charge in [-0.3, -0.25) is 14.7 Å². The zero-order valence-electron chi connectivity index (χ0n) is 20.3. The lowest BCUT2D eigenvalue weighted by Crippen LogP contribution is -2.40. The first-order valence-electron chi connectivity index (χ1n) is 11.8. The Hall–Kier alpha value is -5.12. The normalized spacial score (nSPS) is 14.3. The molecule has 38 heavy (non-hydrogen) atoms. The van der Waals surface area contributed by atoms with Gasteiger partial charge in [-0.2, -0.15) is 4.98 Å². The number of amides is 1. The van der Waals surface area contributed by atoms with Gasteiger partial charge in [0.05, 0.1) is 18.7 Å². The van der Waals surface area contributed by atoms with Crippen molar-refractivity contribution in [2.75, 3.05) is 12.0 Å². The van der Waals surface area contributed by atoms with Crippen molar-refractivity contribution in [3.8, 4) is 11.6 Å². The molecule has 0 spiro atoms. The summed E-state index contributed by atoms with van der Waals surface area (Å²) >= 11 is 0. The van der Waals surface area contributed by atoms with Crippen molar-refractivity contribution in [2.24, 2.45) is 0 Å². The van der Waals surface area contributed by atoms with Crippen LogP contribution in [0.3, 0.4) is 0 Å². The average Bonchev–Trinajstić information content (AvgIpc) is 2.97. The topological polar surface area (TPSA) is 132 Å². The van der Waals surface area contributed by atoms with Crippen LogP contribution in [0.1, 0.15) is 55.2 Å². The number of aromatic hydroxyl groups is 1. The van der Waals surface area contributed by atoms with Gasteiger partial charge >= 0.3 is 11.9 Å². The molecule has 2 aromatic carbocycles. The molecule has 1 N–H and O–H groups in total. The number of esters is 2. The lowest BCUT2D eigenvalue weighted by Gasteiger charge is -2.36. The van der Waals surface area contributed by atoms with E-state index in [1.54, 1.807) is 42.5 Å². The van der Waals surface area contributed by atoms with Gasteiger partial charge in [-0.15, -0.1) is 0 Å². The SMILES string of the molecule is COC(=O)c1nc(C2CCc3ccccc3N2C(=O)c2ccccn2)nc(O)c1OC(=O)c1ccccc1. The Morgan fingerprint density at radius 2 is 1.66 bits per heavy atom. The van der Waals surface area contributed by atoms with Crippen LogP contribution in [-0.4, -0.2) is 45.0 Å². The molecule has 1 atom stereocenters. The highest BCUT2D eigenvalue weighted by Crippen LogP contribution is 2.40. The van der Waals surface area contributed by atoms with E-state index in [9.17, 15) is 19.5 Å². The molecular weight excluding hydrogens is 488 g/mol. The summed E-state index contributed by atoms with van der Waals surface area (Å²) in [6.45, 7) is 0. The van der Waals surface area contributed by atoms with E-state index in [-0.39, 0.29) is 17.1 Å². The number of para-hydroxylation sites is 1. The fourth-order valence-corrected chi connectivity index (χ4v) is 4.31. The third kappa shape index (κ3) is 4.66. The van der Waals surface area contributed by atoms with Crippen LogP contribution in [0.4, 0.5) is 5.69 Å². The van der Waals surface area contributed by atoms with E-state index in [4.69, 9.17) is 9.47 Å². The maximum absolute atomic E-state index is 13.7. The summed E-state index contributed by atoms with van der Waals surface area (Å²) in [4.78, 5) is 53.2. The lowest BCUT2D eigenvalue weighted by molar-refractivity contribution is 0.0582. The number of aryl methyl sites for hydroxylation is 1. The van der Waals surface area contributed by atoms with E-state index in [2.05, 4.69) is 15.0 Å². The van der Waals surface area contributed by atoms with Gasteiger partial charge in [0.15, 0.2) is 11.5 Å². The number of methoxy groups -OCH3 is 1. The number of ether oxygens (including phenoxy) is 2. The van der Waals surface area contributed by atoms with Crippen LogP contribution in [0.15, 0.2) is 79.0 Å². The maximum Gasteiger partial charge on any atom is 0.360 e. The summed E-state index contributed by atoms with van der Waals surface area (Å²) in [5.41, 5.74) is 1.55. The first-order valence-corrected chi connectivity index (χ1v) is 11.8. The van der Waals surface area contributed by atoms with Crippen molar-refractivity contribution < 1.29 is 29.0 Å². The first kappa shape index (κ1) is 24.6. The highest BCUT2D eigenvalue weighted by molar-refractivity contribution is 6.06. The molecule has 1 aliphatic heterocycles. The number of fused-ring (bicyclic) bond motifs is 1. The van der Waals surface area contributed by atoms with Crippen molar-refractivity contribution in [2.45, 2.75) is 18.9 Å². The van der Waals surface area contributed by atoms with Crippen LogP contribution in [0.25, 0.3) is 0 Å². The van der Waals surface area contributed by atoms with E-state index in [0.29, 0.717) is 18.5 Å². The van der Waals surface area contributed by atoms with Crippen molar-refractivity contribution in [3.05, 3.63) is 107 Å². The molecule has 10 heteroatoms. The van der Waals surface area contributed by atoms with Crippen LogP contribution in [0, 0.1) is 0 Å². The molecule has 190 valence electrons. The molecule has 5 rings (SSSR count). The van der Waals surface area contributed by atoms with E-state index >= 15 is 0 Å². The standard InChI is InChI=1S/C28H22N4O6/c1-37-28(36)22-23(38-27(35)18-10-3-2-4-11-18)25(33)31-24(30-22)21-15-14-17-9-5-6-13-20(17)32(21)26(34)19-12-7-8-16-29-19/h2-13,16,21H,14-15H2,1H3,(H,30,31,33). The quantitative estimate of drug-likeness (QED) is 0.397. The van der Waals surface area contributed by atoms with Gasteiger partial charge in [-0.05, 0) is 48.7 Å². The molecule has 2 aromatic heterocycles. The van der Waals surface area contributed by atoms with Crippen LogP contribution >= 0.6 is 0 Å². The fourth-order valence-electron chi connectivity index (χ4n) is 4.31. The largest absolute Gasteiger partial charge is 0.491 e. The Labute approximate surface area is 217 Å². The number of benzene rings is 2. The average molecular weight is 511 g/mol. The number of carbonyl (C=O) groups is 3. The second-order valence-electron chi connectivity index (χ2n) is 8.40. The Morgan fingerprint density at radius 3 is 2.39 bits per heavy atom. The molecule has 10 nitrogen and oxygen atoms in total.